The predicted octanol–water partition coefficient (Wildman–Crippen LogP) is 4.76. The first-order valence-corrected chi connectivity index (χ1v) is 9.16. The van der Waals surface area contributed by atoms with Crippen LogP contribution in [0.4, 0.5) is 5.82 Å². The van der Waals surface area contributed by atoms with Gasteiger partial charge in [-0.25, -0.2) is 9.78 Å². The number of imidazole rings is 1. The second-order valence-electron chi connectivity index (χ2n) is 6.91. The van der Waals surface area contributed by atoms with Crippen molar-refractivity contribution in [1.82, 2.24) is 9.38 Å². The zero-order valence-corrected chi connectivity index (χ0v) is 16.0. The third-order valence-electron chi connectivity index (χ3n) is 3.71. The molecule has 1 N–H and O–H groups in total. The minimum absolute atomic E-state index is 0.141. The molecule has 0 aliphatic carbocycles. The summed E-state index contributed by atoms with van der Waals surface area (Å²) >= 11 is 1.36. The number of anilines is 1. The lowest BCUT2D eigenvalue weighted by molar-refractivity contribution is 0.0531. The molecule has 25 heavy (non-hydrogen) atoms. The van der Waals surface area contributed by atoms with Crippen LogP contribution in [0.25, 0.3) is 16.2 Å². The number of aromatic nitrogens is 2. The molecule has 0 amide bonds. The molecule has 2 heterocycles. The van der Waals surface area contributed by atoms with Crippen LogP contribution < -0.4 is 5.32 Å². The Morgan fingerprint density at radius 3 is 2.56 bits per heavy atom. The van der Waals surface area contributed by atoms with Crippen molar-refractivity contribution in [3.63, 3.8) is 0 Å². The van der Waals surface area contributed by atoms with Crippen molar-refractivity contribution >= 4 is 28.1 Å². The Hall–Kier alpha value is -2.34. The standard InChI is InChI=1S/C19H23N3O2S/c1-6-24-17(23)15-12(2)22-16(21-19(3,4)5)14(20-18(22)25-15)13-10-8-7-9-11-13/h7-11,21H,6H2,1-5H3. The average molecular weight is 357 g/mol. The molecule has 0 spiro atoms. The topological polar surface area (TPSA) is 55.6 Å². The minimum atomic E-state index is -0.293. The van der Waals surface area contributed by atoms with Gasteiger partial charge >= 0.3 is 5.97 Å². The van der Waals surface area contributed by atoms with Crippen molar-refractivity contribution < 1.29 is 9.53 Å². The molecule has 3 rings (SSSR count). The largest absolute Gasteiger partial charge is 0.462 e. The zero-order valence-electron chi connectivity index (χ0n) is 15.2. The minimum Gasteiger partial charge on any atom is -0.462 e. The fraction of sp³-hybridized carbons (Fsp3) is 0.368. The van der Waals surface area contributed by atoms with Crippen LogP contribution in [0.5, 0.6) is 0 Å². The number of hydrogen-bond donors (Lipinski definition) is 1. The first-order chi connectivity index (χ1) is 11.8. The fourth-order valence-electron chi connectivity index (χ4n) is 2.70. The summed E-state index contributed by atoms with van der Waals surface area (Å²) in [6.07, 6.45) is 0. The van der Waals surface area contributed by atoms with Gasteiger partial charge in [0.05, 0.1) is 6.61 Å². The smallest absolute Gasteiger partial charge is 0.350 e. The molecule has 0 saturated heterocycles. The van der Waals surface area contributed by atoms with E-state index in [2.05, 4.69) is 26.1 Å². The molecule has 0 unspecified atom stereocenters. The molecule has 0 radical (unpaired) electrons. The molecular formula is C19H23N3O2S. The summed E-state index contributed by atoms with van der Waals surface area (Å²) in [6, 6.07) is 10.1. The molecule has 0 aliphatic rings. The third-order valence-corrected chi connectivity index (χ3v) is 4.83. The van der Waals surface area contributed by atoms with Crippen LogP contribution >= 0.6 is 11.3 Å². The summed E-state index contributed by atoms with van der Waals surface area (Å²) in [5.41, 5.74) is 2.64. The van der Waals surface area contributed by atoms with Gasteiger partial charge in [0.2, 0.25) is 0 Å². The van der Waals surface area contributed by atoms with Crippen molar-refractivity contribution in [1.29, 1.82) is 0 Å². The van der Waals surface area contributed by atoms with E-state index in [1.807, 2.05) is 48.6 Å². The van der Waals surface area contributed by atoms with Gasteiger partial charge in [-0.3, -0.25) is 4.40 Å². The Kier molecular flexibility index (Phi) is 4.56. The van der Waals surface area contributed by atoms with Gasteiger partial charge in [-0.15, -0.1) is 0 Å². The Morgan fingerprint density at radius 1 is 1.28 bits per heavy atom. The number of hydrogen-bond acceptors (Lipinski definition) is 5. The van der Waals surface area contributed by atoms with Crippen molar-refractivity contribution in [2.75, 3.05) is 11.9 Å². The van der Waals surface area contributed by atoms with Crippen molar-refractivity contribution in [3.05, 3.63) is 40.9 Å². The molecule has 5 nitrogen and oxygen atoms in total. The van der Waals surface area contributed by atoms with E-state index in [-0.39, 0.29) is 11.5 Å². The van der Waals surface area contributed by atoms with Crippen LogP contribution in [0.3, 0.4) is 0 Å². The van der Waals surface area contributed by atoms with E-state index in [0.29, 0.717) is 11.5 Å². The van der Waals surface area contributed by atoms with Crippen LogP contribution in [0.2, 0.25) is 0 Å². The molecule has 3 aromatic rings. The first-order valence-electron chi connectivity index (χ1n) is 8.34. The highest BCUT2D eigenvalue weighted by atomic mass is 32.1. The average Bonchev–Trinajstić information content (AvgIpc) is 3.05. The maximum absolute atomic E-state index is 12.2. The van der Waals surface area contributed by atoms with E-state index in [1.54, 1.807) is 0 Å². The van der Waals surface area contributed by atoms with Crippen molar-refractivity contribution in [3.8, 4) is 11.3 Å². The summed E-state index contributed by atoms with van der Waals surface area (Å²) in [4.78, 5) is 18.4. The molecule has 0 saturated carbocycles. The maximum Gasteiger partial charge on any atom is 0.350 e. The molecule has 132 valence electrons. The lowest BCUT2D eigenvalue weighted by atomic mass is 10.1. The molecule has 0 bridgehead atoms. The predicted molar refractivity (Wildman–Crippen MR) is 103 cm³/mol. The SMILES string of the molecule is CCOC(=O)c1sc2nc(-c3ccccc3)c(NC(C)(C)C)n2c1C. The molecule has 0 fully saturated rings. The summed E-state index contributed by atoms with van der Waals surface area (Å²) in [7, 11) is 0. The van der Waals surface area contributed by atoms with Crippen molar-refractivity contribution in [2.24, 2.45) is 0 Å². The van der Waals surface area contributed by atoms with Gasteiger partial charge < -0.3 is 10.1 Å². The number of rotatable bonds is 4. The van der Waals surface area contributed by atoms with Gasteiger partial charge in [0, 0.05) is 16.8 Å². The molecule has 2 aromatic heterocycles. The number of benzene rings is 1. The number of aryl methyl sites for hydroxylation is 1. The molecule has 1 aromatic carbocycles. The number of carbonyl (C=O) groups is 1. The number of esters is 1. The Labute approximate surface area is 151 Å². The summed E-state index contributed by atoms with van der Waals surface area (Å²) < 4.78 is 7.19. The van der Waals surface area contributed by atoms with E-state index < -0.39 is 0 Å². The van der Waals surface area contributed by atoms with E-state index in [9.17, 15) is 4.79 Å². The molecule has 0 aliphatic heterocycles. The highest BCUT2D eigenvalue weighted by molar-refractivity contribution is 7.19. The van der Waals surface area contributed by atoms with E-state index in [1.165, 1.54) is 11.3 Å². The molecular weight excluding hydrogens is 334 g/mol. The zero-order chi connectivity index (χ0) is 18.2. The van der Waals surface area contributed by atoms with Gasteiger partial charge in [-0.2, -0.15) is 0 Å². The van der Waals surface area contributed by atoms with Crippen molar-refractivity contribution in [2.45, 2.75) is 40.2 Å². The first kappa shape index (κ1) is 17.5. The van der Waals surface area contributed by atoms with Gasteiger partial charge in [-0.05, 0) is 34.6 Å². The van der Waals surface area contributed by atoms with Crippen LogP contribution in [-0.2, 0) is 4.74 Å². The monoisotopic (exact) mass is 357 g/mol. The van der Waals surface area contributed by atoms with E-state index in [0.717, 1.165) is 27.7 Å². The lowest BCUT2D eigenvalue weighted by Gasteiger charge is -2.22. The number of nitrogens with one attached hydrogen (secondary N) is 1. The summed E-state index contributed by atoms with van der Waals surface area (Å²) in [5.74, 6) is 0.608. The molecule has 0 atom stereocenters. The van der Waals surface area contributed by atoms with E-state index >= 15 is 0 Å². The van der Waals surface area contributed by atoms with Crippen LogP contribution in [0.1, 0.15) is 43.1 Å². The quantitative estimate of drug-likeness (QED) is 0.684. The number of fused-ring (bicyclic) bond motifs is 1. The number of nitrogens with zero attached hydrogens (tertiary/aromatic N) is 2. The van der Waals surface area contributed by atoms with Gasteiger partial charge in [0.15, 0.2) is 4.96 Å². The van der Waals surface area contributed by atoms with Gasteiger partial charge in [0.1, 0.15) is 16.4 Å². The van der Waals surface area contributed by atoms with Crippen LogP contribution in [-0.4, -0.2) is 27.5 Å². The number of thiazole rings is 1. The Morgan fingerprint density at radius 2 is 1.96 bits per heavy atom. The van der Waals surface area contributed by atoms with Crippen LogP contribution in [0, 0.1) is 6.92 Å². The number of carbonyl (C=O) groups excluding carboxylic acids is 1. The number of ether oxygens (including phenoxy) is 1. The fourth-order valence-corrected chi connectivity index (χ4v) is 3.72. The maximum atomic E-state index is 12.2. The highest BCUT2D eigenvalue weighted by Crippen LogP contribution is 2.36. The summed E-state index contributed by atoms with van der Waals surface area (Å²) in [5, 5.41) is 3.55. The second kappa shape index (κ2) is 6.52. The van der Waals surface area contributed by atoms with Gasteiger partial charge in [-0.1, -0.05) is 41.7 Å². The molecule has 6 heteroatoms. The van der Waals surface area contributed by atoms with Gasteiger partial charge in [0.25, 0.3) is 0 Å². The highest BCUT2D eigenvalue weighted by Gasteiger charge is 2.25. The van der Waals surface area contributed by atoms with Crippen LogP contribution in [0.15, 0.2) is 30.3 Å². The Bertz CT molecular complexity index is 904. The Balaban J connectivity index is 2.21. The summed E-state index contributed by atoms with van der Waals surface area (Å²) in [6.45, 7) is 10.4. The second-order valence-corrected chi connectivity index (χ2v) is 7.88. The lowest BCUT2D eigenvalue weighted by Crippen LogP contribution is -2.27. The van der Waals surface area contributed by atoms with E-state index in [4.69, 9.17) is 9.72 Å². The normalized spacial score (nSPS) is 11.7. The third kappa shape index (κ3) is 3.39.